The van der Waals surface area contributed by atoms with Gasteiger partial charge in [0.2, 0.25) is 5.95 Å². The number of rotatable bonds is 5. The Hall–Kier alpha value is -2.48. The summed E-state index contributed by atoms with van der Waals surface area (Å²) >= 11 is 5.52. The smallest absolute Gasteiger partial charge is 0.232 e. The van der Waals surface area contributed by atoms with Crippen molar-refractivity contribution in [1.82, 2.24) is 20.3 Å². The van der Waals surface area contributed by atoms with E-state index in [9.17, 15) is 0 Å². The van der Waals surface area contributed by atoms with Crippen molar-refractivity contribution in [3.63, 3.8) is 0 Å². The Bertz CT molecular complexity index is 819. The van der Waals surface area contributed by atoms with E-state index in [1.54, 1.807) is 6.20 Å². The van der Waals surface area contributed by atoms with Crippen molar-refractivity contribution in [2.75, 3.05) is 41.3 Å². The number of anilines is 3. The molecular formula is C23H33N7S. The fourth-order valence-electron chi connectivity index (χ4n) is 4.11. The van der Waals surface area contributed by atoms with Gasteiger partial charge in [-0.3, -0.25) is 4.98 Å². The Kier molecular flexibility index (Phi) is 7.17. The number of nitrogens with one attached hydrogen (secondary N) is 2. The molecule has 4 heterocycles. The molecule has 2 N–H and O–H groups in total. The van der Waals surface area contributed by atoms with Gasteiger partial charge in [-0.1, -0.05) is 19.9 Å². The minimum Gasteiger partial charge on any atom is -0.358 e. The molecule has 2 aromatic rings. The molecule has 7 nitrogen and oxygen atoms in total. The molecule has 0 saturated carbocycles. The van der Waals surface area contributed by atoms with Crippen LogP contribution in [0.3, 0.4) is 0 Å². The number of pyridine rings is 1. The highest BCUT2D eigenvalue weighted by atomic mass is 32.1. The van der Waals surface area contributed by atoms with E-state index in [0.29, 0.717) is 17.6 Å². The molecular weight excluding hydrogens is 406 g/mol. The van der Waals surface area contributed by atoms with E-state index in [1.807, 2.05) is 18.3 Å². The Labute approximate surface area is 190 Å². The van der Waals surface area contributed by atoms with Crippen LogP contribution < -0.4 is 20.4 Å². The van der Waals surface area contributed by atoms with Gasteiger partial charge in [0.25, 0.3) is 0 Å². The van der Waals surface area contributed by atoms with Gasteiger partial charge in [0, 0.05) is 51.2 Å². The van der Waals surface area contributed by atoms with E-state index in [0.717, 1.165) is 55.2 Å². The lowest BCUT2D eigenvalue weighted by atomic mass is 9.99. The second-order valence-electron chi connectivity index (χ2n) is 8.92. The first-order valence-electron chi connectivity index (χ1n) is 11.4. The lowest BCUT2D eigenvalue weighted by Crippen LogP contribution is -2.36. The zero-order valence-corrected chi connectivity index (χ0v) is 19.4. The summed E-state index contributed by atoms with van der Waals surface area (Å²) in [6, 6.07) is 6.10. The minimum absolute atomic E-state index is 0.520. The fraction of sp³-hybridized carbons (Fsp3) is 0.565. The number of nitrogens with zero attached hydrogens (tertiary/aromatic N) is 5. The zero-order chi connectivity index (χ0) is 21.6. The van der Waals surface area contributed by atoms with Crippen molar-refractivity contribution >= 4 is 34.9 Å². The Morgan fingerprint density at radius 2 is 1.58 bits per heavy atom. The highest BCUT2D eigenvalue weighted by Gasteiger charge is 2.22. The van der Waals surface area contributed by atoms with Crippen LogP contribution in [0.2, 0.25) is 0 Å². The molecule has 31 heavy (non-hydrogen) atoms. The molecule has 2 aromatic heterocycles. The van der Waals surface area contributed by atoms with Crippen molar-refractivity contribution in [1.29, 1.82) is 0 Å². The highest BCUT2D eigenvalue weighted by molar-refractivity contribution is 7.80. The Balaban J connectivity index is 1.48. The monoisotopic (exact) mass is 439 g/mol. The summed E-state index contributed by atoms with van der Waals surface area (Å²) in [5.74, 6) is 4.11. The summed E-state index contributed by atoms with van der Waals surface area (Å²) in [5.41, 5.74) is 1.08. The van der Waals surface area contributed by atoms with E-state index in [-0.39, 0.29) is 0 Å². The Morgan fingerprint density at radius 3 is 2.10 bits per heavy atom. The van der Waals surface area contributed by atoms with Gasteiger partial charge in [-0.25, -0.2) is 0 Å². The molecule has 2 aliphatic heterocycles. The summed E-state index contributed by atoms with van der Waals surface area (Å²) in [4.78, 5) is 18.6. The highest BCUT2D eigenvalue weighted by Crippen LogP contribution is 2.28. The van der Waals surface area contributed by atoms with Crippen LogP contribution in [0.5, 0.6) is 0 Å². The number of hydrogen-bond donors (Lipinski definition) is 2. The van der Waals surface area contributed by atoms with Gasteiger partial charge in [-0.15, -0.1) is 0 Å². The number of piperidine rings is 2. The predicted molar refractivity (Wildman–Crippen MR) is 131 cm³/mol. The SMILES string of the molecule is CC1CCN(c2cc(N3CCC(C)CC3)nc(NC(=S)NCc3cccnc3)n2)CC1. The van der Waals surface area contributed by atoms with Crippen molar-refractivity contribution in [3.05, 3.63) is 36.2 Å². The summed E-state index contributed by atoms with van der Waals surface area (Å²) in [5, 5.41) is 6.96. The first kappa shape index (κ1) is 21.7. The van der Waals surface area contributed by atoms with Crippen LogP contribution in [0.15, 0.2) is 30.6 Å². The van der Waals surface area contributed by atoms with Crippen LogP contribution in [0.4, 0.5) is 17.6 Å². The molecule has 2 fully saturated rings. The van der Waals surface area contributed by atoms with Gasteiger partial charge in [0.1, 0.15) is 11.6 Å². The molecule has 0 spiro atoms. The molecule has 0 atom stereocenters. The summed E-state index contributed by atoms with van der Waals surface area (Å²) in [6.45, 7) is 9.43. The molecule has 2 aliphatic rings. The van der Waals surface area contributed by atoms with Gasteiger partial charge >= 0.3 is 0 Å². The number of thiocarbonyl (C=S) groups is 1. The third kappa shape index (κ3) is 6.03. The molecule has 166 valence electrons. The fourth-order valence-corrected chi connectivity index (χ4v) is 4.27. The average Bonchev–Trinajstić information content (AvgIpc) is 2.79. The molecule has 0 radical (unpaired) electrons. The van der Waals surface area contributed by atoms with E-state index >= 15 is 0 Å². The third-order valence-electron chi connectivity index (χ3n) is 6.32. The maximum atomic E-state index is 5.52. The van der Waals surface area contributed by atoms with Gasteiger partial charge in [0.15, 0.2) is 5.11 Å². The molecule has 0 amide bonds. The molecule has 0 aromatic carbocycles. The maximum absolute atomic E-state index is 5.52. The van der Waals surface area contributed by atoms with Crippen LogP contribution in [0, 0.1) is 11.8 Å². The molecule has 8 heteroatoms. The van der Waals surface area contributed by atoms with Gasteiger partial charge in [-0.2, -0.15) is 9.97 Å². The van der Waals surface area contributed by atoms with Crippen LogP contribution in [-0.2, 0) is 6.54 Å². The van der Waals surface area contributed by atoms with Gasteiger partial charge in [-0.05, 0) is 61.4 Å². The van der Waals surface area contributed by atoms with E-state index in [1.165, 1.54) is 25.7 Å². The van der Waals surface area contributed by atoms with Crippen molar-refractivity contribution in [2.45, 2.75) is 46.1 Å². The van der Waals surface area contributed by atoms with Crippen LogP contribution in [-0.4, -0.2) is 46.2 Å². The molecule has 0 unspecified atom stereocenters. The largest absolute Gasteiger partial charge is 0.358 e. The van der Waals surface area contributed by atoms with E-state index < -0.39 is 0 Å². The quantitative estimate of drug-likeness (QED) is 0.682. The first-order chi connectivity index (χ1) is 15.1. The van der Waals surface area contributed by atoms with Gasteiger partial charge in [0.05, 0.1) is 0 Å². The molecule has 0 aliphatic carbocycles. The standard InChI is InChI=1S/C23H33N7S/c1-17-5-10-29(11-6-17)20-14-21(30-12-7-18(2)8-13-30)27-22(26-20)28-23(31)25-16-19-4-3-9-24-15-19/h3-4,9,14-15,17-18H,5-8,10-13,16H2,1-2H3,(H2,25,26,27,28,31). The number of hydrogen-bond acceptors (Lipinski definition) is 6. The second-order valence-corrected chi connectivity index (χ2v) is 9.32. The van der Waals surface area contributed by atoms with Crippen molar-refractivity contribution < 1.29 is 0 Å². The summed E-state index contributed by atoms with van der Waals surface area (Å²) < 4.78 is 0. The topological polar surface area (TPSA) is 69.2 Å². The predicted octanol–water partition coefficient (Wildman–Crippen LogP) is 3.83. The molecule has 4 rings (SSSR count). The van der Waals surface area contributed by atoms with Crippen LogP contribution in [0.1, 0.15) is 45.1 Å². The normalized spacial score (nSPS) is 18.1. The molecule has 2 saturated heterocycles. The van der Waals surface area contributed by atoms with Crippen molar-refractivity contribution in [2.24, 2.45) is 11.8 Å². The number of aromatic nitrogens is 3. The third-order valence-corrected chi connectivity index (χ3v) is 6.56. The summed E-state index contributed by atoms with van der Waals surface area (Å²) in [6.07, 6.45) is 8.41. The van der Waals surface area contributed by atoms with Crippen molar-refractivity contribution in [3.8, 4) is 0 Å². The first-order valence-corrected chi connectivity index (χ1v) is 11.8. The zero-order valence-electron chi connectivity index (χ0n) is 18.5. The average molecular weight is 440 g/mol. The van der Waals surface area contributed by atoms with E-state index in [4.69, 9.17) is 22.2 Å². The van der Waals surface area contributed by atoms with Gasteiger partial charge < -0.3 is 20.4 Å². The van der Waals surface area contributed by atoms with E-state index in [2.05, 4.69) is 45.3 Å². The van der Waals surface area contributed by atoms with Crippen LogP contribution >= 0.6 is 12.2 Å². The lowest BCUT2D eigenvalue weighted by molar-refractivity contribution is 0.433. The minimum atomic E-state index is 0.520. The molecule has 0 bridgehead atoms. The van der Waals surface area contributed by atoms with Crippen LogP contribution in [0.25, 0.3) is 0 Å². The second kappa shape index (κ2) is 10.2. The maximum Gasteiger partial charge on any atom is 0.232 e. The Morgan fingerprint density at radius 1 is 1.00 bits per heavy atom. The summed E-state index contributed by atoms with van der Waals surface area (Å²) in [7, 11) is 0. The lowest BCUT2D eigenvalue weighted by Gasteiger charge is -2.34.